The summed E-state index contributed by atoms with van der Waals surface area (Å²) in [6, 6.07) is 12.6. The highest BCUT2D eigenvalue weighted by Gasteiger charge is 2.42. The zero-order chi connectivity index (χ0) is 22.9. The molecule has 0 radical (unpaired) electrons. The lowest BCUT2D eigenvalue weighted by molar-refractivity contribution is -0.137. The number of nitroso groups, excluding NO2 is 1. The first-order valence-electron chi connectivity index (χ1n) is 10.9. The van der Waals surface area contributed by atoms with E-state index < -0.39 is 24.0 Å². The fourth-order valence-electron chi connectivity index (χ4n) is 4.01. The Hall–Kier alpha value is -2.52. The van der Waals surface area contributed by atoms with Gasteiger partial charge < -0.3 is 14.9 Å². The topological polar surface area (TPSA) is 99.4 Å². The number of halogens is 1. The fraction of sp³-hybridized carbons (Fsp3) is 0.458. The highest BCUT2D eigenvalue weighted by Crippen LogP contribution is 2.24. The third kappa shape index (κ3) is 6.04. The number of ether oxygens (including phenoxy) is 1. The van der Waals surface area contributed by atoms with Crippen LogP contribution in [0.2, 0.25) is 0 Å². The van der Waals surface area contributed by atoms with Crippen LogP contribution in [0, 0.1) is 10.7 Å². The predicted octanol–water partition coefficient (Wildman–Crippen LogP) is 2.92. The Bertz CT molecular complexity index is 895. The minimum Gasteiger partial charge on any atom is -0.395 e. The SMILES string of the molecule is O=NC1C(=O)[C@@H](O)CN(CCCCCOCc2ccc(-c3ccccc3)c(F)c2)[C@H]1CO. The quantitative estimate of drug-likeness (QED) is 0.408. The van der Waals surface area contributed by atoms with Gasteiger partial charge in [0.15, 0.2) is 11.8 Å². The number of rotatable bonds is 11. The third-order valence-electron chi connectivity index (χ3n) is 5.78. The maximum Gasteiger partial charge on any atom is 0.192 e. The highest BCUT2D eigenvalue weighted by atomic mass is 19.1. The number of unbranched alkanes of at least 4 members (excludes halogenated alkanes) is 2. The summed E-state index contributed by atoms with van der Waals surface area (Å²) in [5.41, 5.74) is 2.17. The normalized spacial score (nSPS) is 21.6. The van der Waals surface area contributed by atoms with E-state index in [1.165, 1.54) is 6.07 Å². The van der Waals surface area contributed by atoms with Gasteiger partial charge in [0, 0.05) is 18.7 Å². The maximum absolute atomic E-state index is 14.4. The van der Waals surface area contributed by atoms with Crippen LogP contribution in [-0.4, -0.2) is 65.4 Å². The molecule has 7 nitrogen and oxygen atoms in total. The summed E-state index contributed by atoms with van der Waals surface area (Å²) in [6.45, 7) is 1.11. The molecule has 32 heavy (non-hydrogen) atoms. The van der Waals surface area contributed by atoms with E-state index in [0.717, 1.165) is 30.4 Å². The van der Waals surface area contributed by atoms with Crippen LogP contribution in [0.25, 0.3) is 11.1 Å². The first kappa shape index (κ1) is 24.1. The van der Waals surface area contributed by atoms with Crippen molar-refractivity contribution in [2.24, 2.45) is 5.18 Å². The third-order valence-corrected chi connectivity index (χ3v) is 5.78. The van der Waals surface area contributed by atoms with Crippen LogP contribution in [0.5, 0.6) is 0 Å². The highest BCUT2D eigenvalue weighted by molar-refractivity contribution is 5.90. The zero-order valence-electron chi connectivity index (χ0n) is 17.9. The van der Waals surface area contributed by atoms with Crippen molar-refractivity contribution in [2.45, 2.75) is 44.1 Å². The van der Waals surface area contributed by atoms with Gasteiger partial charge >= 0.3 is 0 Å². The first-order valence-corrected chi connectivity index (χ1v) is 10.9. The first-order chi connectivity index (χ1) is 15.5. The number of carbonyl (C=O) groups is 1. The number of aliphatic hydroxyl groups excluding tert-OH is 2. The Kier molecular flexibility index (Phi) is 8.99. The Balaban J connectivity index is 1.37. The maximum atomic E-state index is 14.4. The molecule has 0 spiro atoms. The summed E-state index contributed by atoms with van der Waals surface area (Å²) in [6.07, 6.45) is 1.13. The molecule has 0 saturated carbocycles. The minimum absolute atomic E-state index is 0.0944. The van der Waals surface area contributed by atoms with Crippen LogP contribution in [0.4, 0.5) is 4.39 Å². The van der Waals surface area contributed by atoms with Gasteiger partial charge in [-0.3, -0.25) is 9.69 Å². The van der Waals surface area contributed by atoms with E-state index in [4.69, 9.17) is 4.74 Å². The van der Waals surface area contributed by atoms with E-state index in [2.05, 4.69) is 5.18 Å². The Morgan fingerprint density at radius 1 is 1.12 bits per heavy atom. The molecule has 1 saturated heterocycles. The average molecular weight is 445 g/mol. The van der Waals surface area contributed by atoms with E-state index in [1.54, 1.807) is 11.0 Å². The number of nitrogens with zero attached hydrogens (tertiary/aromatic N) is 2. The fourth-order valence-corrected chi connectivity index (χ4v) is 4.01. The van der Waals surface area contributed by atoms with Crippen molar-refractivity contribution in [1.29, 1.82) is 0 Å². The van der Waals surface area contributed by atoms with Crippen molar-refractivity contribution in [1.82, 2.24) is 4.90 Å². The van der Waals surface area contributed by atoms with Gasteiger partial charge in [-0.25, -0.2) is 4.39 Å². The molecule has 0 amide bonds. The lowest BCUT2D eigenvalue weighted by atomic mass is 9.93. The molecule has 0 aromatic heterocycles. The van der Waals surface area contributed by atoms with E-state index in [0.29, 0.717) is 25.3 Å². The molecule has 2 aromatic carbocycles. The minimum atomic E-state index is -1.25. The van der Waals surface area contributed by atoms with Crippen LogP contribution < -0.4 is 0 Å². The molecule has 3 atom stereocenters. The molecule has 3 rings (SSSR count). The van der Waals surface area contributed by atoms with Gasteiger partial charge in [0.25, 0.3) is 0 Å². The predicted molar refractivity (Wildman–Crippen MR) is 118 cm³/mol. The molecule has 1 unspecified atom stereocenters. The number of β-amino-alcohol motifs (C(OH)–C–C–N with tert-alkyl or cyclic N) is 1. The molecule has 1 heterocycles. The van der Waals surface area contributed by atoms with Crippen molar-refractivity contribution >= 4 is 5.78 Å². The van der Waals surface area contributed by atoms with E-state index in [9.17, 15) is 24.3 Å². The average Bonchev–Trinajstić information content (AvgIpc) is 2.80. The molecule has 8 heteroatoms. The van der Waals surface area contributed by atoms with E-state index >= 15 is 0 Å². The number of benzene rings is 2. The number of aliphatic hydroxyl groups is 2. The molecule has 1 aliphatic heterocycles. The molecular weight excluding hydrogens is 415 g/mol. The summed E-state index contributed by atoms with van der Waals surface area (Å²) in [4.78, 5) is 24.5. The second kappa shape index (κ2) is 11.9. The van der Waals surface area contributed by atoms with Crippen molar-refractivity contribution in [3.8, 4) is 11.1 Å². The number of hydrogen-bond acceptors (Lipinski definition) is 7. The Morgan fingerprint density at radius 2 is 1.91 bits per heavy atom. The molecule has 2 aromatic rings. The van der Waals surface area contributed by atoms with Crippen molar-refractivity contribution in [2.75, 3.05) is 26.3 Å². The number of likely N-dealkylation sites (tertiary alicyclic amines) is 1. The summed E-state index contributed by atoms with van der Waals surface area (Å²) in [5, 5.41) is 22.2. The molecule has 1 aliphatic rings. The van der Waals surface area contributed by atoms with E-state index in [1.807, 2.05) is 36.4 Å². The van der Waals surface area contributed by atoms with Crippen molar-refractivity contribution < 1.29 is 24.1 Å². The molecule has 172 valence electrons. The molecular formula is C24H29FN2O5. The lowest BCUT2D eigenvalue weighted by Gasteiger charge is -2.38. The number of hydrogen-bond donors (Lipinski definition) is 2. The van der Waals surface area contributed by atoms with Crippen LogP contribution >= 0.6 is 0 Å². The van der Waals surface area contributed by atoms with Gasteiger partial charge in [0.05, 0.1) is 19.3 Å². The lowest BCUT2D eigenvalue weighted by Crippen LogP contribution is -2.59. The number of ketones is 1. The van der Waals surface area contributed by atoms with Gasteiger partial charge in [0.2, 0.25) is 0 Å². The summed E-state index contributed by atoms with van der Waals surface area (Å²) in [5.74, 6) is -0.905. The summed E-state index contributed by atoms with van der Waals surface area (Å²) >= 11 is 0. The van der Waals surface area contributed by atoms with Crippen molar-refractivity contribution in [3.63, 3.8) is 0 Å². The summed E-state index contributed by atoms with van der Waals surface area (Å²) in [7, 11) is 0. The largest absolute Gasteiger partial charge is 0.395 e. The van der Waals surface area contributed by atoms with Gasteiger partial charge in [-0.1, -0.05) is 47.6 Å². The van der Waals surface area contributed by atoms with Gasteiger partial charge in [0.1, 0.15) is 11.9 Å². The second-order valence-corrected chi connectivity index (χ2v) is 8.01. The summed E-state index contributed by atoms with van der Waals surface area (Å²) < 4.78 is 20.1. The smallest absolute Gasteiger partial charge is 0.192 e. The molecule has 0 aliphatic carbocycles. The molecule has 1 fully saturated rings. The number of carbonyl (C=O) groups excluding carboxylic acids is 1. The van der Waals surface area contributed by atoms with Crippen LogP contribution in [0.15, 0.2) is 53.7 Å². The molecule has 0 bridgehead atoms. The van der Waals surface area contributed by atoms with Crippen LogP contribution in [0.1, 0.15) is 24.8 Å². The van der Waals surface area contributed by atoms with E-state index in [-0.39, 0.29) is 19.0 Å². The van der Waals surface area contributed by atoms with Crippen LogP contribution in [-0.2, 0) is 16.1 Å². The monoisotopic (exact) mass is 444 g/mol. The van der Waals surface area contributed by atoms with Gasteiger partial charge in [-0.2, -0.15) is 0 Å². The Labute approximate surface area is 186 Å². The van der Waals surface area contributed by atoms with Gasteiger partial charge in [-0.05, 0) is 43.0 Å². The van der Waals surface area contributed by atoms with Gasteiger partial charge in [-0.15, -0.1) is 4.91 Å². The zero-order valence-corrected chi connectivity index (χ0v) is 17.9. The molecule has 2 N–H and O–H groups in total. The number of Topliss-reactive ketones (excluding diaryl/α,β-unsaturated/α-hetero) is 1. The number of piperidine rings is 1. The standard InChI is InChI=1S/C24H29FN2O5/c25-20-13-17(9-10-19(20)18-7-3-1-4-8-18)16-32-12-6-2-5-11-27-14-22(29)24(30)23(26-31)21(27)15-28/h1,3-4,7-10,13,21-23,28-29H,2,5-6,11-12,14-16H2/t21-,22-,23?/m0/s1. The Morgan fingerprint density at radius 3 is 2.59 bits per heavy atom. The van der Waals surface area contributed by atoms with Crippen LogP contribution in [0.3, 0.4) is 0 Å². The van der Waals surface area contributed by atoms with Crippen molar-refractivity contribution in [3.05, 3.63) is 64.8 Å². The second-order valence-electron chi connectivity index (χ2n) is 8.01.